The van der Waals surface area contributed by atoms with E-state index in [2.05, 4.69) is 15.2 Å². The van der Waals surface area contributed by atoms with Crippen molar-refractivity contribution in [3.05, 3.63) is 41.6 Å². The Balaban J connectivity index is 1.76. The maximum Gasteiger partial charge on any atom is 0.255 e. The fraction of sp³-hybridized carbons (Fsp3) is 0.400. The molecule has 6 heteroatoms. The molecule has 0 saturated carbocycles. The third-order valence-corrected chi connectivity index (χ3v) is 4.22. The number of nitrogens with one attached hydrogen (secondary N) is 1. The number of hydrogen-bond acceptors (Lipinski definition) is 5. The van der Waals surface area contributed by atoms with E-state index in [1.165, 1.54) is 0 Å². The second kappa shape index (κ2) is 8.19. The van der Waals surface area contributed by atoms with E-state index in [9.17, 15) is 4.79 Å². The van der Waals surface area contributed by atoms with Crippen molar-refractivity contribution in [1.29, 1.82) is 0 Å². The highest BCUT2D eigenvalue weighted by Gasteiger charge is 2.17. The van der Waals surface area contributed by atoms with Gasteiger partial charge in [-0.2, -0.15) is 0 Å². The minimum absolute atomic E-state index is 0.107. The maximum atomic E-state index is 12.2. The Kier molecular flexibility index (Phi) is 5.73. The predicted molar refractivity (Wildman–Crippen MR) is 101 cm³/mol. The first kappa shape index (κ1) is 18.2. The third kappa shape index (κ3) is 4.32. The molecule has 0 radical (unpaired) electrons. The van der Waals surface area contributed by atoms with Crippen molar-refractivity contribution in [3.8, 4) is 22.8 Å². The van der Waals surface area contributed by atoms with E-state index < -0.39 is 0 Å². The molecule has 0 bridgehead atoms. The number of aryl methyl sites for hydroxylation is 1. The van der Waals surface area contributed by atoms with Gasteiger partial charge in [0.05, 0.1) is 18.7 Å². The Hall–Kier alpha value is -2.60. The van der Waals surface area contributed by atoms with Crippen LogP contribution in [0.3, 0.4) is 0 Å². The molecule has 0 fully saturated rings. The van der Waals surface area contributed by atoms with E-state index in [1.54, 1.807) is 6.20 Å². The standard InChI is InChI=1S/C20H25N3O3/c1-14-11-16(13-22-20(14)26-9-4-8-23(2)3)15-5-6-18-17(12-15)19(24)21-7-10-25-18/h5-6,11-13H,4,7-10H2,1-3H3,(H,21,24). The predicted octanol–water partition coefficient (Wildman–Crippen LogP) is 2.51. The van der Waals surface area contributed by atoms with Crippen LogP contribution in [0.25, 0.3) is 11.1 Å². The van der Waals surface area contributed by atoms with Crippen molar-refractivity contribution in [2.24, 2.45) is 0 Å². The van der Waals surface area contributed by atoms with Gasteiger partial charge in [-0.05, 0) is 51.2 Å². The second-order valence-corrected chi connectivity index (χ2v) is 6.67. The van der Waals surface area contributed by atoms with Crippen LogP contribution in [0, 0.1) is 6.92 Å². The molecular formula is C20H25N3O3. The molecule has 1 N–H and O–H groups in total. The molecule has 0 unspecified atom stereocenters. The lowest BCUT2D eigenvalue weighted by atomic mass is 10.0. The lowest BCUT2D eigenvalue weighted by molar-refractivity contribution is 0.0957. The summed E-state index contributed by atoms with van der Waals surface area (Å²) < 4.78 is 11.4. The molecule has 2 aromatic rings. The molecule has 1 aliphatic rings. The first-order chi connectivity index (χ1) is 12.5. The van der Waals surface area contributed by atoms with Crippen LogP contribution in [-0.4, -0.2) is 56.2 Å². The number of hydrogen-bond donors (Lipinski definition) is 1. The van der Waals surface area contributed by atoms with Crippen molar-refractivity contribution < 1.29 is 14.3 Å². The van der Waals surface area contributed by atoms with E-state index >= 15 is 0 Å². The van der Waals surface area contributed by atoms with Gasteiger partial charge in [0.1, 0.15) is 12.4 Å². The zero-order chi connectivity index (χ0) is 18.5. The molecular weight excluding hydrogens is 330 g/mol. The van der Waals surface area contributed by atoms with Gasteiger partial charge in [0.25, 0.3) is 5.91 Å². The summed E-state index contributed by atoms with van der Waals surface area (Å²) in [5, 5.41) is 2.83. The van der Waals surface area contributed by atoms with E-state index in [1.807, 2.05) is 45.3 Å². The molecule has 138 valence electrons. The van der Waals surface area contributed by atoms with Gasteiger partial charge in [0, 0.05) is 23.9 Å². The summed E-state index contributed by atoms with van der Waals surface area (Å²) in [6.07, 6.45) is 2.74. The lowest BCUT2D eigenvalue weighted by Gasteiger charge is -2.12. The van der Waals surface area contributed by atoms with Gasteiger partial charge in [0.2, 0.25) is 5.88 Å². The number of rotatable bonds is 6. The quantitative estimate of drug-likeness (QED) is 0.807. The Morgan fingerprint density at radius 1 is 1.27 bits per heavy atom. The van der Waals surface area contributed by atoms with Crippen LogP contribution in [0.2, 0.25) is 0 Å². The second-order valence-electron chi connectivity index (χ2n) is 6.67. The van der Waals surface area contributed by atoms with Crippen molar-refractivity contribution >= 4 is 5.91 Å². The molecule has 1 aromatic carbocycles. The zero-order valence-corrected chi connectivity index (χ0v) is 15.5. The molecule has 1 amide bonds. The van der Waals surface area contributed by atoms with Gasteiger partial charge in [0.15, 0.2) is 0 Å². The van der Waals surface area contributed by atoms with Crippen molar-refractivity contribution in [2.45, 2.75) is 13.3 Å². The van der Waals surface area contributed by atoms with E-state index in [4.69, 9.17) is 9.47 Å². The third-order valence-electron chi connectivity index (χ3n) is 4.22. The molecule has 6 nitrogen and oxygen atoms in total. The Morgan fingerprint density at radius 3 is 2.88 bits per heavy atom. The summed E-state index contributed by atoms with van der Waals surface area (Å²) in [6, 6.07) is 7.68. The summed E-state index contributed by atoms with van der Waals surface area (Å²) in [5.74, 6) is 1.17. The molecule has 0 aliphatic carbocycles. The molecule has 2 heterocycles. The number of benzene rings is 1. The highest BCUT2D eigenvalue weighted by molar-refractivity contribution is 5.98. The summed E-state index contributed by atoms with van der Waals surface area (Å²) in [7, 11) is 4.09. The Morgan fingerprint density at radius 2 is 2.12 bits per heavy atom. The molecule has 26 heavy (non-hydrogen) atoms. The minimum Gasteiger partial charge on any atom is -0.491 e. The number of ether oxygens (including phenoxy) is 2. The van der Waals surface area contributed by atoms with E-state index in [0.29, 0.717) is 37.0 Å². The lowest BCUT2D eigenvalue weighted by Crippen LogP contribution is -2.24. The van der Waals surface area contributed by atoms with Crippen LogP contribution < -0.4 is 14.8 Å². The molecule has 3 rings (SSSR count). The maximum absolute atomic E-state index is 12.2. The number of nitrogens with zero attached hydrogens (tertiary/aromatic N) is 2. The van der Waals surface area contributed by atoms with Gasteiger partial charge in [-0.25, -0.2) is 4.98 Å². The molecule has 0 spiro atoms. The van der Waals surface area contributed by atoms with Crippen molar-refractivity contribution in [3.63, 3.8) is 0 Å². The zero-order valence-electron chi connectivity index (χ0n) is 15.5. The number of carbonyl (C=O) groups is 1. The summed E-state index contributed by atoms with van der Waals surface area (Å²) >= 11 is 0. The van der Waals surface area contributed by atoms with Crippen LogP contribution >= 0.6 is 0 Å². The number of fused-ring (bicyclic) bond motifs is 1. The average Bonchev–Trinajstić information content (AvgIpc) is 2.81. The van der Waals surface area contributed by atoms with Crippen LogP contribution in [0.15, 0.2) is 30.5 Å². The summed E-state index contributed by atoms with van der Waals surface area (Å²) in [6.45, 7) is 4.61. The SMILES string of the molecule is Cc1cc(-c2ccc3c(c2)C(=O)NCCO3)cnc1OCCCN(C)C. The molecule has 1 aromatic heterocycles. The first-order valence-corrected chi connectivity index (χ1v) is 8.84. The van der Waals surface area contributed by atoms with Crippen LogP contribution in [0.5, 0.6) is 11.6 Å². The summed E-state index contributed by atoms with van der Waals surface area (Å²) in [4.78, 5) is 18.8. The molecule has 0 saturated heterocycles. The smallest absolute Gasteiger partial charge is 0.255 e. The van der Waals surface area contributed by atoms with Crippen LogP contribution in [0.4, 0.5) is 0 Å². The summed E-state index contributed by atoms with van der Waals surface area (Å²) in [5.41, 5.74) is 3.41. The van der Waals surface area contributed by atoms with Crippen molar-refractivity contribution in [2.75, 3.05) is 40.4 Å². The van der Waals surface area contributed by atoms with Crippen LogP contribution in [-0.2, 0) is 0 Å². The monoisotopic (exact) mass is 355 g/mol. The topological polar surface area (TPSA) is 63.7 Å². The van der Waals surface area contributed by atoms with Crippen molar-refractivity contribution in [1.82, 2.24) is 15.2 Å². The Bertz CT molecular complexity index is 790. The highest BCUT2D eigenvalue weighted by atomic mass is 16.5. The largest absolute Gasteiger partial charge is 0.491 e. The number of carbonyl (C=O) groups excluding carboxylic acids is 1. The average molecular weight is 355 g/mol. The first-order valence-electron chi connectivity index (χ1n) is 8.84. The minimum atomic E-state index is -0.107. The number of pyridine rings is 1. The van der Waals surface area contributed by atoms with Gasteiger partial charge in [-0.15, -0.1) is 0 Å². The van der Waals surface area contributed by atoms with Gasteiger partial charge in [-0.1, -0.05) is 6.07 Å². The molecule has 1 aliphatic heterocycles. The van der Waals surface area contributed by atoms with E-state index in [-0.39, 0.29) is 5.91 Å². The fourth-order valence-corrected chi connectivity index (χ4v) is 2.85. The van der Waals surface area contributed by atoms with E-state index in [0.717, 1.165) is 29.7 Å². The Labute approximate surface area is 154 Å². The normalized spacial score (nSPS) is 13.6. The van der Waals surface area contributed by atoms with Gasteiger partial charge >= 0.3 is 0 Å². The number of aromatic nitrogens is 1. The molecule has 0 atom stereocenters. The van der Waals surface area contributed by atoms with Gasteiger partial charge in [-0.3, -0.25) is 4.79 Å². The van der Waals surface area contributed by atoms with Gasteiger partial charge < -0.3 is 19.7 Å². The highest BCUT2D eigenvalue weighted by Crippen LogP contribution is 2.29. The van der Waals surface area contributed by atoms with Crippen LogP contribution in [0.1, 0.15) is 22.3 Å². The fourth-order valence-electron chi connectivity index (χ4n) is 2.85. The number of amides is 1.